The van der Waals surface area contributed by atoms with Gasteiger partial charge in [-0.3, -0.25) is 0 Å². The van der Waals surface area contributed by atoms with Gasteiger partial charge in [-0.25, -0.2) is 0 Å². The zero-order valence-corrected chi connectivity index (χ0v) is 9.86. The number of hydrogen-bond acceptors (Lipinski definition) is 5. The summed E-state index contributed by atoms with van der Waals surface area (Å²) < 4.78 is 0. The van der Waals surface area contributed by atoms with Crippen LogP contribution in [0.15, 0.2) is 30.3 Å². The van der Waals surface area contributed by atoms with Gasteiger partial charge >= 0.3 is 0 Å². The quantitative estimate of drug-likeness (QED) is 0.752. The second-order valence-corrected chi connectivity index (χ2v) is 3.69. The number of aryl methyl sites for hydroxylation is 1. The minimum absolute atomic E-state index is 0.243. The van der Waals surface area contributed by atoms with Gasteiger partial charge < -0.3 is 16.4 Å². The Bertz CT molecular complexity index is 524. The lowest BCUT2D eigenvalue weighted by Crippen LogP contribution is -2.03. The summed E-state index contributed by atoms with van der Waals surface area (Å²) in [5.41, 5.74) is 7.78. The fourth-order valence-corrected chi connectivity index (χ4v) is 1.51. The van der Waals surface area contributed by atoms with Gasteiger partial charge in [0, 0.05) is 18.8 Å². The van der Waals surface area contributed by atoms with Crippen molar-refractivity contribution in [2.75, 3.05) is 23.4 Å². The predicted octanol–water partition coefficient (Wildman–Crippen LogP) is 2.15. The summed E-state index contributed by atoms with van der Waals surface area (Å²) in [4.78, 5) is 8.17. The maximum Gasteiger partial charge on any atom is 0.223 e. The van der Waals surface area contributed by atoms with E-state index in [1.54, 1.807) is 7.05 Å². The predicted molar refractivity (Wildman–Crippen MR) is 70.5 cm³/mol. The van der Waals surface area contributed by atoms with E-state index in [2.05, 4.69) is 20.6 Å². The van der Waals surface area contributed by atoms with E-state index in [9.17, 15) is 0 Å². The van der Waals surface area contributed by atoms with Crippen LogP contribution in [0.25, 0.3) is 0 Å². The van der Waals surface area contributed by atoms with Crippen molar-refractivity contribution in [1.82, 2.24) is 9.97 Å². The van der Waals surface area contributed by atoms with Gasteiger partial charge in [0.25, 0.3) is 0 Å². The van der Waals surface area contributed by atoms with E-state index in [-0.39, 0.29) is 5.95 Å². The first-order valence-corrected chi connectivity index (χ1v) is 5.34. The van der Waals surface area contributed by atoms with Crippen molar-refractivity contribution in [2.24, 2.45) is 0 Å². The molecule has 0 unspecified atom stereocenters. The summed E-state index contributed by atoms with van der Waals surface area (Å²) in [5, 5.41) is 6.15. The second-order valence-electron chi connectivity index (χ2n) is 3.69. The molecule has 1 aromatic heterocycles. The summed E-state index contributed by atoms with van der Waals surface area (Å²) in [5.74, 6) is 1.61. The Balaban J connectivity index is 2.30. The van der Waals surface area contributed by atoms with Crippen molar-refractivity contribution in [1.29, 1.82) is 0 Å². The van der Waals surface area contributed by atoms with E-state index in [4.69, 9.17) is 5.73 Å². The van der Waals surface area contributed by atoms with Crippen molar-refractivity contribution in [3.63, 3.8) is 0 Å². The van der Waals surface area contributed by atoms with Crippen LogP contribution in [0.3, 0.4) is 0 Å². The fraction of sp³-hybridized carbons (Fsp3) is 0.167. The molecule has 0 amide bonds. The lowest BCUT2D eigenvalue weighted by Gasteiger charge is -2.10. The number of nitrogens with zero attached hydrogens (tertiary/aromatic N) is 2. The molecular formula is C12H15N5. The molecule has 1 heterocycles. The maximum atomic E-state index is 5.62. The Hall–Kier alpha value is -2.30. The largest absolute Gasteiger partial charge is 0.373 e. The van der Waals surface area contributed by atoms with E-state index in [1.807, 2.05) is 37.3 Å². The van der Waals surface area contributed by atoms with Gasteiger partial charge in [0.1, 0.15) is 11.6 Å². The number of nitrogens with one attached hydrogen (secondary N) is 2. The number of hydrogen-bond donors (Lipinski definition) is 3. The highest BCUT2D eigenvalue weighted by Gasteiger charge is 2.02. The third kappa shape index (κ3) is 2.63. The van der Waals surface area contributed by atoms with Gasteiger partial charge in [0.05, 0.1) is 0 Å². The zero-order valence-electron chi connectivity index (χ0n) is 9.86. The minimum atomic E-state index is 0.243. The van der Waals surface area contributed by atoms with Crippen molar-refractivity contribution >= 4 is 23.3 Å². The fourth-order valence-electron chi connectivity index (χ4n) is 1.51. The zero-order chi connectivity index (χ0) is 12.3. The molecule has 0 aliphatic rings. The number of rotatable bonds is 3. The lowest BCUT2D eigenvalue weighted by atomic mass is 10.2. The van der Waals surface area contributed by atoms with E-state index in [1.165, 1.54) is 0 Å². The number of para-hydroxylation sites is 1. The van der Waals surface area contributed by atoms with Crippen LogP contribution in [0.4, 0.5) is 23.3 Å². The van der Waals surface area contributed by atoms with Crippen LogP contribution in [0.1, 0.15) is 5.56 Å². The molecule has 0 atom stereocenters. The van der Waals surface area contributed by atoms with Crippen LogP contribution in [0.2, 0.25) is 0 Å². The number of aromatic nitrogens is 2. The van der Waals surface area contributed by atoms with Gasteiger partial charge in [-0.05, 0) is 18.6 Å². The number of nitrogens with two attached hydrogens (primary N) is 1. The van der Waals surface area contributed by atoms with Crippen LogP contribution in [-0.2, 0) is 0 Å². The molecule has 0 radical (unpaired) electrons. The van der Waals surface area contributed by atoms with Crippen molar-refractivity contribution in [3.05, 3.63) is 35.9 Å². The summed E-state index contributed by atoms with van der Waals surface area (Å²) in [6.07, 6.45) is 0. The molecule has 0 bridgehead atoms. The highest BCUT2D eigenvalue weighted by Crippen LogP contribution is 2.20. The first-order valence-electron chi connectivity index (χ1n) is 5.34. The summed E-state index contributed by atoms with van der Waals surface area (Å²) in [7, 11) is 1.79. The Morgan fingerprint density at radius 2 is 1.82 bits per heavy atom. The molecule has 4 N–H and O–H groups in total. The average Bonchev–Trinajstić information content (AvgIpc) is 2.31. The standard InChI is InChI=1S/C12H15N5/c1-8-5-3-4-6-9(8)15-11-7-10(14-2)16-12(13)17-11/h3-7H,1-2H3,(H4,13,14,15,16,17). The summed E-state index contributed by atoms with van der Waals surface area (Å²) in [6, 6.07) is 9.80. The number of nitrogen functional groups attached to an aromatic ring is 1. The van der Waals surface area contributed by atoms with Crippen LogP contribution in [-0.4, -0.2) is 17.0 Å². The molecule has 1 aromatic carbocycles. The molecule has 5 heteroatoms. The Kier molecular flexibility index (Phi) is 3.09. The smallest absolute Gasteiger partial charge is 0.223 e. The lowest BCUT2D eigenvalue weighted by molar-refractivity contribution is 1.17. The topological polar surface area (TPSA) is 75.9 Å². The van der Waals surface area contributed by atoms with E-state index >= 15 is 0 Å². The Morgan fingerprint density at radius 3 is 2.53 bits per heavy atom. The van der Waals surface area contributed by atoms with Gasteiger partial charge in [0.15, 0.2) is 0 Å². The van der Waals surface area contributed by atoms with Gasteiger partial charge in [-0.1, -0.05) is 18.2 Å². The van der Waals surface area contributed by atoms with Crippen LogP contribution in [0.5, 0.6) is 0 Å². The summed E-state index contributed by atoms with van der Waals surface area (Å²) in [6.45, 7) is 2.03. The molecule has 0 aliphatic heterocycles. The molecule has 88 valence electrons. The Morgan fingerprint density at radius 1 is 1.12 bits per heavy atom. The molecule has 0 saturated heterocycles. The first kappa shape index (κ1) is 11.2. The van der Waals surface area contributed by atoms with Gasteiger partial charge in [0.2, 0.25) is 5.95 Å². The van der Waals surface area contributed by atoms with Crippen molar-refractivity contribution in [2.45, 2.75) is 6.92 Å². The average molecular weight is 229 g/mol. The van der Waals surface area contributed by atoms with Crippen LogP contribution >= 0.6 is 0 Å². The molecule has 0 spiro atoms. The van der Waals surface area contributed by atoms with Crippen LogP contribution in [0, 0.1) is 6.92 Å². The van der Waals surface area contributed by atoms with Crippen LogP contribution < -0.4 is 16.4 Å². The van der Waals surface area contributed by atoms with E-state index in [0.29, 0.717) is 11.6 Å². The monoisotopic (exact) mass is 229 g/mol. The number of benzene rings is 1. The molecule has 2 rings (SSSR count). The molecule has 17 heavy (non-hydrogen) atoms. The third-order valence-electron chi connectivity index (χ3n) is 2.41. The first-order chi connectivity index (χ1) is 8.19. The van der Waals surface area contributed by atoms with Crippen molar-refractivity contribution < 1.29 is 0 Å². The van der Waals surface area contributed by atoms with Gasteiger partial charge in [-0.15, -0.1) is 0 Å². The normalized spacial score (nSPS) is 10.0. The van der Waals surface area contributed by atoms with Gasteiger partial charge in [-0.2, -0.15) is 9.97 Å². The summed E-state index contributed by atoms with van der Waals surface area (Å²) >= 11 is 0. The van der Waals surface area contributed by atoms with E-state index < -0.39 is 0 Å². The molecule has 5 nitrogen and oxygen atoms in total. The molecule has 2 aromatic rings. The SMILES string of the molecule is CNc1cc(Nc2ccccc2C)nc(N)n1. The third-order valence-corrected chi connectivity index (χ3v) is 2.41. The Labute approximate surface area is 100 Å². The second kappa shape index (κ2) is 4.69. The molecule has 0 aliphatic carbocycles. The minimum Gasteiger partial charge on any atom is -0.373 e. The maximum absolute atomic E-state index is 5.62. The molecule has 0 fully saturated rings. The van der Waals surface area contributed by atoms with Crippen molar-refractivity contribution in [3.8, 4) is 0 Å². The van der Waals surface area contributed by atoms with E-state index in [0.717, 1.165) is 11.3 Å². The molecular weight excluding hydrogens is 214 g/mol. The highest BCUT2D eigenvalue weighted by atomic mass is 15.1. The number of anilines is 4. The molecule has 0 saturated carbocycles. The highest BCUT2D eigenvalue weighted by molar-refractivity contribution is 5.63.